The van der Waals surface area contributed by atoms with Gasteiger partial charge in [0.2, 0.25) is 0 Å². The lowest BCUT2D eigenvalue weighted by molar-refractivity contribution is 0.172. The summed E-state index contributed by atoms with van der Waals surface area (Å²) in [6.45, 7) is 3.39. The van der Waals surface area contributed by atoms with Crippen molar-refractivity contribution in [1.82, 2.24) is 0 Å². The summed E-state index contributed by atoms with van der Waals surface area (Å²) in [6.07, 6.45) is 0.303. The Kier molecular flexibility index (Phi) is 1.71. The minimum atomic E-state index is 0.303. The summed E-state index contributed by atoms with van der Waals surface area (Å²) < 4.78 is 11.2. The monoisotopic (exact) mass is 206 g/mol. The van der Waals surface area contributed by atoms with Crippen LogP contribution in [0.4, 0.5) is 11.4 Å². The van der Waals surface area contributed by atoms with Crippen LogP contribution in [0.2, 0.25) is 0 Å². The van der Waals surface area contributed by atoms with E-state index in [2.05, 4.69) is 24.2 Å². The Balaban J connectivity index is 2.15. The number of fused-ring (bicyclic) bond motifs is 3. The van der Waals surface area contributed by atoms with Gasteiger partial charge in [0.05, 0.1) is 11.9 Å². The molecule has 0 fully saturated rings. The van der Waals surface area contributed by atoms with Crippen LogP contribution in [0.5, 0.6) is 11.5 Å². The van der Waals surface area contributed by atoms with Crippen molar-refractivity contribution < 1.29 is 9.47 Å². The Morgan fingerprint density at radius 3 is 3.00 bits per heavy atom. The van der Waals surface area contributed by atoms with Crippen molar-refractivity contribution in [3.63, 3.8) is 0 Å². The highest BCUT2D eigenvalue weighted by atomic mass is 16.6. The van der Waals surface area contributed by atoms with E-state index in [1.54, 1.807) is 0 Å². The van der Waals surface area contributed by atoms with Gasteiger partial charge in [-0.3, -0.25) is 0 Å². The molecule has 1 aromatic carbocycles. The molecule has 2 aliphatic heterocycles. The smallest absolute Gasteiger partial charge is 0.186 e. The first kappa shape index (κ1) is 8.71. The van der Waals surface area contributed by atoms with Crippen molar-refractivity contribution in [2.45, 2.75) is 13.1 Å². The summed E-state index contributed by atoms with van der Waals surface area (Å²) in [6, 6.07) is 4.01. The lowest BCUT2D eigenvalue weighted by Crippen LogP contribution is -2.29. The summed E-state index contributed by atoms with van der Waals surface area (Å²) in [5, 5.41) is 3.39. The summed E-state index contributed by atoms with van der Waals surface area (Å²) in [4.78, 5) is 2.17. The van der Waals surface area contributed by atoms with Gasteiger partial charge in [-0.25, -0.2) is 0 Å². The fourth-order valence-electron chi connectivity index (χ4n) is 2.08. The number of ether oxygens (including phenoxy) is 2. The number of hydrogen-bond acceptors (Lipinski definition) is 4. The summed E-state index contributed by atoms with van der Waals surface area (Å²) in [5.41, 5.74) is 2.23. The Bertz CT molecular complexity index is 406. The number of rotatable bonds is 0. The van der Waals surface area contributed by atoms with Crippen LogP contribution in [0.25, 0.3) is 0 Å². The molecule has 1 aromatic rings. The third kappa shape index (κ3) is 1.14. The van der Waals surface area contributed by atoms with Crippen LogP contribution in [0.3, 0.4) is 0 Å². The van der Waals surface area contributed by atoms with Gasteiger partial charge >= 0.3 is 0 Å². The van der Waals surface area contributed by atoms with Crippen LogP contribution in [0.15, 0.2) is 12.1 Å². The molecule has 2 heterocycles. The van der Waals surface area contributed by atoms with E-state index in [9.17, 15) is 0 Å². The van der Waals surface area contributed by atoms with E-state index in [1.165, 1.54) is 0 Å². The van der Waals surface area contributed by atoms with Gasteiger partial charge in [-0.15, -0.1) is 0 Å². The maximum atomic E-state index is 5.68. The van der Waals surface area contributed by atoms with Gasteiger partial charge in [0.1, 0.15) is 18.9 Å². The van der Waals surface area contributed by atoms with Gasteiger partial charge < -0.3 is 19.7 Å². The Morgan fingerprint density at radius 1 is 1.33 bits per heavy atom. The second kappa shape index (κ2) is 2.95. The van der Waals surface area contributed by atoms with Gasteiger partial charge in [0.25, 0.3) is 0 Å². The fraction of sp³-hybridized carbons (Fsp3) is 0.455. The first-order chi connectivity index (χ1) is 7.27. The molecule has 80 valence electrons. The summed E-state index contributed by atoms with van der Waals surface area (Å²) in [5.74, 6) is 1.72. The molecule has 0 bridgehead atoms. The zero-order valence-electron chi connectivity index (χ0n) is 8.91. The minimum absolute atomic E-state index is 0.303. The van der Waals surface area contributed by atoms with Crippen molar-refractivity contribution in [2.24, 2.45) is 0 Å². The second-order valence-electron chi connectivity index (χ2n) is 3.92. The highest BCUT2D eigenvalue weighted by Gasteiger charge is 2.29. The molecule has 0 aliphatic carbocycles. The third-order valence-electron chi connectivity index (χ3n) is 2.98. The van der Waals surface area contributed by atoms with Gasteiger partial charge in [-0.2, -0.15) is 0 Å². The van der Waals surface area contributed by atoms with Gasteiger partial charge in [0.15, 0.2) is 11.5 Å². The van der Waals surface area contributed by atoms with E-state index in [0.29, 0.717) is 19.4 Å². The first-order valence-corrected chi connectivity index (χ1v) is 5.19. The van der Waals surface area contributed by atoms with Crippen LogP contribution in [-0.2, 0) is 0 Å². The van der Waals surface area contributed by atoms with Crippen LogP contribution in [-0.4, -0.2) is 26.4 Å². The standard InChI is InChI=1S/C11H14N2O2/c1-7-12-8-3-4-9-11(10(8)13(7)2)15-6-5-14-9/h3-4,7,12H,5-6H2,1-2H3. The van der Waals surface area contributed by atoms with Gasteiger partial charge in [-0.05, 0) is 19.1 Å². The highest BCUT2D eigenvalue weighted by molar-refractivity contribution is 5.84. The quantitative estimate of drug-likeness (QED) is 0.700. The first-order valence-electron chi connectivity index (χ1n) is 5.19. The molecule has 0 aromatic heterocycles. The lowest BCUT2D eigenvalue weighted by Gasteiger charge is -2.24. The predicted octanol–water partition coefficient (Wildman–Crippen LogP) is 1.67. The Hall–Kier alpha value is -1.58. The number of anilines is 2. The molecule has 3 rings (SSSR count). The second-order valence-corrected chi connectivity index (χ2v) is 3.92. The van der Waals surface area contributed by atoms with Gasteiger partial charge in [-0.1, -0.05) is 0 Å². The molecular formula is C11H14N2O2. The number of benzene rings is 1. The molecule has 4 heteroatoms. The minimum Gasteiger partial charge on any atom is -0.486 e. The average molecular weight is 206 g/mol. The maximum Gasteiger partial charge on any atom is 0.186 e. The molecule has 2 aliphatic rings. The van der Waals surface area contributed by atoms with Crippen LogP contribution in [0, 0.1) is 0 Å². The molecule has 1 unspecified atom stereocenters. The third-order valence-corrected chi connectivity index (χ3v) is 2.98. The topological polar surface area (TPSA) is 33.7 Å². The zero-order chi connectivity index (χ0) is 10.4. The average Bonchev–Trinajstić information content (AvgIpc) is 2.55. The predicted molar refractivity (Wildman–Crippen MR) is 58.9 cm³/mol. The number of nitrogens with zero attached hydrogens (tertiary/aromatic N) is 1. The molecule has 1 atom stereocenters. The van der Waals surface area contributed by atoms with Crippen LogP contribution in [0.1, 0.15) is 6.92 Å². The molecular weight excluding hydrogens is 192 g/mol. The molecule has 0 saturated carbocycles. The van der Waals surface area contributed by atoms with E-state index in [4.69, 9.17) is 9.47 Å². The van der Waals surface area contributed by atoms with Crippen LogP contribution < -0.4 is 19.7 Å². The number of nitrogens with one attached hydrogen (secondary N) is 1. The SMILES string of the molecule is CC1Nc2ccc3c(c2N1C)OCCO3. The van der Waals surface area contributed by atoms with E-state index in [0.717, 1.165) is 22.9 Å². The van der Waals surface area contributed by atoms with Crippen molar-refractivity contribution in [3.05, 3.63) is 12.1 Å². The molecule has 15 heavy (non-hydrogen) atoms. The molecule has 1 N–H and O–H groups in total. The lowest BCUT2D eigenvalue weighted by atomic mass is 10.2. The number of hydrogen-bond donors (Lipinski definition) is 1. The summed E-state index contributed by atoms with van der Waals surface area (Å²) >= 11 is 0. The molecule has 0 spiro atoms. The van der Waals surface area contributed by atoms with E-state index in [-0.39, 0.29) is 0 Å². The van der Waals surface area contributed by atoms with Crippen molar-refractivity contribution in [3.8, 4) is 11.5 Å². The van der Waals surface area contributed by atoms with Gasteiger partial charge in [0, 0.05) is 7.05 Å². The summed E-state index contributed by atoms with van der Waals surface area (Å²) in [7, 11) is 2.06. The molecule has 4 nitrogen and oxygen atoms in total. The Labute approximate surface area is 88.8 Å². The van der Waals surface area contributed by atoms with Crippen molar-refractivity contribution >= 4 is 11.4 Å². The largest absolute Gasteiger partial charge is 0.486 e. The van der Waals surface area contributed by atoms with Crippen molar-refractivity contribution in [1.29, 1.82) is 0 Å². The fourth-order valence-corrected chi connectivity index (χ4v) is 2.08. The normalized spacial score (nSPS) is 22.3. The van der Waals surface area contributed by atoms with Crippen LogP contribution >= 0.6 is 0 Å². The molecule has 0 radical (unpaired) electrons. The highest BCUT2D eigenvalue weighted by Crippen LogP contribution is 2.47. The van der Waals surface area contributed by atoms with E-state index >= 15 is 0 Å². The molecule has 0 amide bonds. The molecule has 0 saturated heterocycles. The van der Waals surface area contributed by atoms with E-state index < -0.39 is 0 Å². The zero-order valence-corrected chi connectivity index (χ0v) is 8.91. The maximum absolute atomic E-state index is 5.68. The van der Waals surface area contributed by atoms with Crippen molar-refractivity contribution in [2.75, 3.05) is 30.5 Å². The Morgan fingerprint density at radius 2 is 2.13 bits per heavy atom. The van der Waals surface area contributed by atoms with E-state index in [1.807, 2.05) is 12.1 Å².